The van der Waals surface area contributed by atoms with Gasteiger partial charge in [-0.05, 0) is 71.5 Å². The Labute approximate surface area is 202 Å². The summed E-state index contributed by atoms with van der Waals surface area (Å²) in [4.78, 5) is 28.6. The first-order valence-electron chi connectivity index (χ1n) is 11.5. The molecular weight excluding hydrogens is 451 g/mol. The average Bonchev–Trinajstić information content (AvgIpc) is 3.37. The second kappa shape index (κ2) is 11.2. The van der Waals surface area contributed by atoms with Gasteiger partial charge < -0.3 is 20.3 Å². The van der Waals surface area contributed by atoms with Crippen LogP contribution in [0.2, 0.25) is 0 Å². The van der Waals surface area contributed by atoms with Crippen molar-refractivity contribution in [3.63, 3.8) is 0 Å². The van der Waals surface area contributed by atoms with Gasteiger partial charge in [-0.3, -0.25) is 9.59 Å². The summed E-state index contributed by atoms with van der Waals surface area (Å²) in [6.45, 7) is 1.20. The van der Waals surface area contributed by atoms with Gasteiger partial charge in [0.15, 0.2) is 0 Å². The normalized spacial score (nSPS) is 18.5. The van der Waals surface area contributed by atoms with E-state index in [-0.39, 0.29) is 24.6 Å². The van der Waals surface area contributed by atoms with Crippen molar-refractivity contribution in [2.75, 3.05) is 13.2 Å². The summed E-state index contributed by atoms with van der Waals surface area (Å²) in [7, 11) is 0. The van der Waals surface area contributed by atoms with E-state index >= 15 is 0 Å². The fourth-order valence-corrected chi connectivity index (χ4v) is 4.09. The van der Waals surface area contributed by atoms with Crippen molar-refractivity contribution in [1.29, 1.82) is 0 Å². The number of nitrogens with zero attached hydrogens (tertiary/aromatic N) is 1. The standard InChI is InChI=1S/C27H27FN2O5/c28-22-9-17(15-29)8-19(11-22)20-10-21(13-24(12-20)35-16-23-5-3-7-34-23)27(33)30-25-6-2-1-4-18(25)14-26(31)32/h1-2,4,8-13,23H,3,5-7,14-16,29H2,(H,31,32). The van der Waals surface area contributed by atoms with Crippen LogP contribution >= 0.6 is 0 Å². The van der Waals surface area contributed by atoms with Crippen LogP contribution in [0.25, 0.3) is 11.1 Å². The van der Waals surface area contributed by atoms with Crippen LogP contribution in [0.5, 0.6) is 5.75 Å². The molecule has 7 nitrogen and oxygen atoms in total. The van der Waals surface area contributed by atoms with Gasteiger partial charge in [0, 0.05) is 25.1 Å². The fraction of sp³-hybridized carbons (Fsp3) is 0.296. The highest BCUT2D eigenvalue weighted by Gasteiger charge is 2.19. The number of rotatable bonds is 8. The molecule has 1 unspecified atom stereocenters. The smallest absolute Gasteiger partial charge is 0.307 e. The predicted octanol–water partition coefficient (Wildman–Crippen LogP) is 4.45. The van der Waals surface area contributed by atoms with Gasteiger partial charge in [-0.1, -0.05) is 18.2 Å². The number of carboxylic acids is 1. The summed E-state index contributed by atoms with van der Waals surface area (Å²) >= 11 is 0. The third-order valence-corrected chi connectivity index (χ3v) is 5.83. The molecule has 35 heavy (non-hydrogen) atoms. The Morgan fingerprint density at radius 3 is 2.74 bits per heavy atom. The lowest BCUT2D eigenvalue weighted by molar-refractivity contribution is -0.136. The Balaban J connectivity index is 1.68. The van der Waals surface area contributed by atoms with Crippen LogP contribution in [0.1, 0.15) is 41.6 Å². The SMILES string of the molecule is NCc1cc(F)cc(-c2cc(OCC3CCCO3)cc(C(=O)N=C3CC=CC=C3CC(=O)O)c2)c1. The van der Waals surface area contributed by atoms with Crippen molar-refractivity contribution < 1.29 is 28.6 Å². The first-order chi connectivity index (χ1) is 16.9. The zero-order valence-corrected chi connectivity index (χ0v) is 19.2. The second-order valence-electron chi connectivity index (χ2n) is 8.50. The Bertz CT molecular complexity index is 1210. The van der Waals surface area contributed by atoms with E-state index in [1.165, 1.54) is 12.1 Å². The number of allylic oxidation sites excluding steroid dienone is 3. The Morgan fingerprint density at radius 2 is 2.00 bits per heavy atom. The quantitative estimate of drug-likeness (QED) is 0.580. The molecule has 1 fully saturated rings. The van der Waals surface area contributed by atoms with Gasteiger partial charge in [0.05, 0.1) is 18.2 Å². The van der Waals surface area contributed by atoms with Crippen LogP contribution < -0.4 is 10.5 Å². The molecule has 0 saturated carbocycles. The number of hydrogen-bond acceptors (Lipinski definition) is 5. The summed E-state index contributed by atoms with van der Waals surface area (Å²) < 4.78 is 25.8. The maximum atomic E-state index is 14.2. The molecule has 1 atom stereocenters. The summed E-state index contributed by atoms with van der Waals surface area (Å²) in [5.41, 5.74) is 8.61. The van der Waals surface area contributed by atoms with Crippen LogP contribution in [-0.4, -0.2) is 42.0 Å². The molecule has 1 aliphatic heterocycles. The number of nitrogens with two attached hydrogens (primary N) is 1. The van der Waals surface area contributed by atoms with Crippen LogP contribution in [0.4, 0.5) is 4.39 Å². The summed E-state index contributed by atoms with van der Waals surface area (Å²) in [6, 6.07) is 9.46. The fourth-order valence-electron chi connectivity index (χ4n) is 4.09. The van der Waals surface area contributed by atoms with Crippen molar-refractivity contribution in [3.8, 4) is 16.9 Å². The number of carbonyl (C=O) groups is 2. The number of aliphatic imine (C=N–C) groups is 1. The van der Waals surface area contributed by atoms with E-state index in [4.69, 9.17) is 15.2 Å². The largest absolute Gasteiger partial charge is 0.491 e. The molecule has 2 aromatic carbocycles. The third kappa shape index (κ3) is 6.49. The molecule has 0 spiro atoms. The minimum atomic E-state index is -1.000. The number of benzene rings is 2. The topological polar surface area (TPSA) is 111 Å². The van der Waals surface area contributed by atoms with Gasteiger partial charge in [-0.25, -0.2) is 9.38 Å². The van der Waals surface area contributed by atoms with E-state index in [9.17, 15) is 19.1 Å². The molecule has 8 heteroatoms. The van der Waals surface area contributed by atoms with E-state index < -0.39 is 17.7 Å². The Kier molecular flexibility index (Phi) is 7.84. The van der Waals surface area contributed by atoms with Crippen molar-refractivity contribution in [1.82, 2.24) is 0 Å². The molecule has 1 saturated heterocycles. The van der Waals surface area contributed by atoms with Gasteiger partial charge in [-0.2, -0.15) is 0 Å². The lowest BCUT2D eigenvalue weighted by atomic mass is 9.98. The zero-order valence-electron chi connectivity index (χ0n) is 19.2. The Morgan fingerprint density at radius 1 is 1.17 bits per heavy atom. The zero-order chi connectivity index (χ0) is 24.8. The van der Waals surface area contributed by atoms with Crippen molar-refractivity contribution in [2.24, 2.45) is 10.7 Å². The number of amides is 1. The first kappa shape index (κ1) is 24.5. The highest BCUT2D eigenvalue weighted by molar-refractivity contribution is 6.13. The van der Waals surface area contributed by atoms with Crippen LogP contribution in [-0.2, 0) is 16.1 Å². The molecule has 0 aromatic heterocycles. The highest BCUT2D eigenvalue weighted by Crippen LogP contribution is 2.29. The highest BCUT2D eigenvalue weighted by atomic mass is 19.1. The number of carboxylic acid groups (broad SMARTS) is 1. The first-order valence-corrected chi connectivity index (χ1v) is 11.5. The van der Waals surface area contributed by atoms with E-state index in [0.717, 1.165) is 12.8 Å². The summed E-state index contributed by atoms with van der Waals surface area (Å²) in [6.07, 6.45) is 7.19. The van der Waals surface area contributed by atoms with E-state index in [1.54, 1.807) is 36.4 Å². The minimum Gasteiger partial charge on any atom is -0.491 e. The molecular formula is C27H27FN2O5. The molecule has 2 aliphatic rings. The molecule has 2 aromatic rings. The van der Waals surface area contributed by atoms with Crippen molar-refractivity contribution in [2.45, 2.75) is 38.3 Å². The van der Waals surface area contributed by atoms with Crippen LogP contribution in [0, 0.1) is 5.82 Å². The average molecular weight is 479 g/mol. The van der Waals surface area contributed by atoms with Gasteiger partial charge in [0.2, 0.25) is 0 Å². The molecule has 1 amide bonds. The minimum absolute atomic E-state index is 0.0196. The van der Waals surface area contributed by atoms with Crippen LogP contribution in [0.3, 0.4) is 0 Å². The number of hydrogen-bond donors (Lipinski definition) is 2. The van der Waals surface area contributed by atoms with Gasteiger partial charge in [-0.15, -0.1) is 0 Å². The molecule has 4 rings (SSSR count). The molecule has 0 bridgehead atoms. The maximum absolute atomic E-state index is 14.2. The molecule has 0 radical (unpaired) electrons. The van der Waals surface area contributed by atoms with E-state index in [2.05, 4.69) is 4.99 Å². The van der Waals surface area contributed by atoms with E-state index in [0.29, 0.717) is 53.4 Å². The second-order valence-corrected chi connectivity index (χ2v) is 8.50. The lowest BCUT2D eigenvalue weighted by Crippen LogP contribution is -2.16. The van der Waals surface area contributed by atoms with Crippen LogP contribution in [0.15, 0.2) is 65.2 Å². The molecule has 1 aliphatic carbocycles. The molecule has 3 N–H and O–H groups in total. The number of halogens is 1. The summed E-state index contributed by atoms with van der Waals surface area (Å²) in [5.74, 6) is -1.53. The van der Waals surface area contributed by atoms with Crippen molar-refractivity contribution in [3.05, 3.63) is 77.1 Å². The Hall–Kier alpha value is -3.62. The number of aliphatic carboxylic acids is 1. The third-order valence-electron chi connectivity index (χ3n) is 5.83. The molecule has 1 heterocycles. The maximum Gasteiger partial charge on any atom is 0.307 e. The van der Waals surface area contributed by atoms with Gasteiger partial charge in [0.25, 0.3) is 5.91 Å². The molecule has 182 valence electrons. The van der Waals surface area contributed by atoms with Crippen molar-refractivity contribution >= 4 is 17.6 Å². The van der Waals surface area contributed by atoms with Gasteiger partial charge in [0.1, 0.15) is 18.2 Å². The summed E-state index contributed by atoms with van der Waals surface area (Å²) in [5, 5.41) is 9.18. The lowest BCUT2D eigenvalue weighted by Gasteiger charge is -2.15. The van der Waals surface area contributed by atoms with Gasteiger partial charge >= 0.3 is 5.97 Å². The predicted molar refractivity (Wildman–Crippen MR) is 130 cm³/mol. The monoisotopic (exact) mass is 478 g/mol. The number of carbonyl (C=O) groups excluding carboxylic acids is 1. The number of ether oxygens (including phenoxy) is 2. The van der Waals surface area contributed by atoms with E-state index in [1.807, 2.05) is 6.08 Å².